The van der Waals surface area contributed by atoms with Crippen molar-refractivity contribution in [2.45, 2.75) is 19.1 Å². The van der Waals surface area contributed by atoms with Crippen LogP contribution < -0.4 is 4.72 Å². The average molecular weight is 322 g/mol. The number of aryl methyl sites for hydroxylation is 1. The summed E-state index contributed by atoms with van der Waals surface area (Å²) in [5, 5.41) is -0.0354. The summed E-state index contributed by atoms with van der Waals surface area (Å²) in [6.07, 6.45) is 0. The molecular formula is C15H18N2O4S. The largest absolute Gasteiger partial charge is 0.383 e. The van der Waals surface area contributed by atoms with Gasteiger partial charge in [-0.15, -0.1) is 0 Å². The highest BCUT2D eigenvalue weighted by Gasteiger charge is 2.23. The normalized spacial score (nSPS) is 13.0. The lowest BCUT2D eigenvalue weighted by Crippen LogP contribution is -2.38. The third kappa shape index (κ3) is 3.61. The zero-order valence-corrected chi connectivity index (χ0v) is 13.5. The van der Waals surface area contributed by atoms with E-state index in [4.69, 9.17) is 4.74 Å². The molecule has 7 heteroatoms. The standard InChI is InChI=1S/C15H18N2O4S/c1-10-4-5-12-8-13(6-7-14(12)16-10)15(18)17-22(19,20)11(2)9-21-3/h4-8,11H,9H2,1-3H3,(H,17,18). The minimum absolute atomic E-state index is 0.0174. The van der Waals surface area contributed by atoms with E-state index in [0.717, 1.165) is 16.6 Å². The Morgan fingerprint density at radius 2 is 2.05 bits per heavy atom. The molecule has 0 saturated heterocycles. The molecule has 0 fully saturated rings. The lowest BCUT2D eigenvalue weighted by molar-refractivity contribution is 0.0980. The van der Waals surface area contributed by atoms with E-state index in [0.29, 0.717) is 0 Å². The minimum atomic E-state index is -3.77. The number of aromatic nitrogens is 1. The second-order valence-corrected chi connectivity index (χ2v) is 7.20. The van der Waals surface area contributed by atoms with Crippen molar-refractivity contribution in [3.8, 4) is 0 Å². The fraction of sp³-hybridized carbons (Fsp3) is 0.333. The lowest BCUT2D eigenvalue weighted by atomic mass is 10.1. The second kappa shape index (κ2) is 6.41. The first-order valence-electron chi connectivity index (χ1n) is 6.76. The maximum Gasteiger partial charge on any atom is 0.264 e. The highest BCUT2D eigenvalue weighted by atomic mass is 32.2. The lowest BCUT2D eigenvalue weighted by Gasteiger charge is -2.13. The van der Waals surface area contributed by atoms with E-state index in [9.17, 15) is 13.2 Å². The Morgan fingerprint density at radius 3 is 2.73 bits per heavy atom. The Balaban J connectivity index is 2.25. The molecule has 0 spiro atoms. The van der Waals surface area contributed by atoms with Crippen molar-refractivity contribution in [3.63, 3.8) is 0 Å². The highest BCUT2D eigenvalue weighted by molar-refractivity contribution is 7.90. The number of carbonyl (C=O) groups is 1. The van der Waals surface area contributed by atoms with Crippen LogP contribution in [0.3, 0.4) is 0 Å². The van der Waals surface area contributed by atoms with Gasteiger partial charge in [-0.05, 0) is 38.1 Å². The fourth-order valence-corrected chi connectivity index (χ4v) is 2.87. The average Bonchev–Trinajstić information content (AvgIpc) is 2.46. The molecule has 0 aliphatic rings. The van der Waals surface area contributed by atoms with Crippen LogP contribution in [-0.2, 0) is 14.8 Å². The number of fused-ring (bicyclic) bond motifs is 1. The van der Waals surface area contributed by atoms with Gasteiger partial charge in [0, 0.05) is 23.8 Å². The number of ether oxygens (including phenoxy) is 1. The van der Waals surface area contributed by atoms with Crippen LogP contribution in [-0.4, -0.2) is 38.3 Å². The zero-order valence-electron chi connectivity index (χ0n) is 12.7. The summed E-state index contributed by atoms with van der Waals surface area (Å²) in [4.78, 5) is 16.5. The molecule has 118 valence electrons. The van der Waals surface area contributed by atoms with E-state index in [-0.39, 0.29) is 12.2 Å². The number of carbonyl (C=O) groups excluding carboxylic acids is 1. The first-order valence-corrected chi connectivity index (χ1v) is 8.30. The molecule has 1 aromatic heterocycles. The van der Waals surface area contributed by atoms with Gasteiger partial charge < -0.3 is 4.74 Å². The molecule has 1 unspecified atom stereocenters. The number of hydrogen-bond donors (Lipinski definition) is 1. The van der Waals surface area contributed by atoms with Crippen molar-refractivity contribution in [1.82, 2.24) is 9.71 Å². The van der Waals surface area contributed by atoms with E-state index in [2.05, 4.69) is 9.71 Å². The molecule has 1 amide bonds. The van der Waals surface area contributed by atoms with Crippen molar-refractivity contribution in [3.05, 3.63) is 41.6 Å². The van der Waals surface area contributed by atoms with E-state index in [1.165, 1.54) is 14.0 Å². The first kappa shape index (κ1) is 16.4. The summed E-state index contributed by atoms with van der Waals surface area (Å²) in [5.41, 5.74) is 1.90. The Kier molecular flexibility index (Phi) is 4.77. The van der Waals surface area contributed by atoms with Crippen LogP contribution in [0.1, 0.15) is 23.0 Å². The van der Waals surface area contributed by atoms with Gasteiger partial charge in [0.2, 0.25) is 10.0 Å². The summed E-state index contributed by atoms with van der Waals surface area (Å²) < 4.78 is 30.8. The van der Waals surface area contributed by atoms with Crippen LogP contribution in [0.5, 0.6) is 0 Å². The monoisotopic (exact) mass is 322 g/mol. The van der Waals surface area contributed by atoms with Gasteiger partial charge in [-0.25, -0.2) is 13.1 Å². The Labute approximate surface area is 129 Å². The van der Waals surface area contributed by atoms with Gasteiger partial charge >= 0.3 is 0 Å². The number of hydrogen-bond acceptors (Lipinski definition) is 5. The number of sulfonamides is 1. The van der Waals surface area contributed by atoms with Crippen molar-refractivity contribution in [1.29, 1.82) is 0 Å². The molecule has 0 aliphatic heterocycles. The van der Waals surface area contributed by atoms with Crippen molar-refractivity contribution < 1.29 is 17.9 Å². The third-order valence-electron chi connectivity index (χ3n) is 3.26. The molecule has 2 aromatic rings. The van der Waals surface area contributed by atoms with Gasteiger partial charge in [-0.2, -0.15) is 0 Å². The van der Waals surface area contributed by atoms with Crippen molar-refractivity contribution >= 4 is 26.8 Å². The summed E-state index contributed by atoms with van der Waals surface area (Å²) in [6, 6.07) is 8.55. The van der Waals surface area contributed by atoms with Crippen LogP contribution in [0, 0.1) is 6.92 Å². The number of amides is 1. The fourth-order valence-electron chi connectivity index (χ4n) is 1.98. The predicted molar refractivity (Wildman–Crippen MR) is 84.2 cm³/mol. The molecular weight excluding hydrogens is 304 g/mol. The number of nitrogens with one attached hydrogen (secondary N) is 1. The van der Waals surface area contributed by atoms with Gasteiger partial charge in [-0.3, -0.25) is 9.78 Å². The molecule has 1 N–H and O–H groups in total. The molecule has 2 rings (SSSR count). The minimum Gasteiger partial charge on any atom is -0.383 e. The maximum absolute atomic E-state index is 12.1. The number of rotatable bonds is 5. The SMILES string of the molecule is COCC(C)S(=O)(=O)NC(=O)c1ccc2nc(C)ccc2c1. The molecule has 0 radical (unpaired) electrons. The number of nitrogens with zero attached hydrogens (tertiary/aromatic N) is 1. The van der Waals surface area contributed by atoms with Gasteiger partial charge in [-0.1, -0.05) is 6.07 Å². The summed E-state index contributed by atoms with van der Waals surface area (Å²) in [7, 11) is -2.36. The van der Waals surface area contributed by atoms with Crippen molar-refractivity contribution in [2.24, 2.45) is 0 Å². The van der Waals surface area contributed by atoms with Crippen LogP contribution in [0.25, 0.3) is 10.9 Å². The number of pyridine rings is 1. The molecule has 1 aromatic carbocycles. The molecule has 0 aliphatic carbocycles. The highest BCUT2D eigenvalue weighted by Crippen LogP contribution is 2.15. The van der Waals surface area contributed by atoms with E-state index in [1.807, 2.05) is 19.1 Å². The molecule has 1 heterocycles. The summed E-state index contributed by atoms with van der Waals surface area (Å²) in [5.74, 6) is -0.662. The Morgan fingerprint density at radius 1 is 1.32 bits per heavy atom. The number of methoxy groups -OCH3 is 1. The first-order chi connectivity index (χ1) is 10.3. The molecule has 0 saturated carbocycles. The molecule has 0 bridgehead atoms. The zero-order chi connectivity index (χ0) is 16.3. The maximum atomic E-state index is 12.1. The van der Waals surface area contributed by atoms with Gasteiger partial charge in [0.05, 0.1) is 12.1 Å². The molecule has 6 nitrogen and oxygen atoms in total. The Bertz CT molecular complexity index is 802. The topological polar surface area (TPSA) is 85.4 Å². The van der Waals surface area contributed by atoms with Crippen LogP contribution >= 0.6 is 0 Å². The third-order valence-corrected chi connectivity index (χ3v) is 4.92. The molecule has 22 heavy (non-hydrogen) atoms. The Hall–Kier alpha value is -1.99. The van der Waals surface area contributed by atoms with Crippen molar-refractivity contribution in [2.75, 3.05) is 13.7 Å². The second-order valence-electron chi connectivity index (χ2n) is 5.10. The molecule has 1 atom stereocenters. The van der Waals surface area contributed by atoms with Gasteiger partial charge in [0.15, 0.2) is 0 Å². The number of benzene rings is 1. The predicted octanol–water partition coefficient (Wildman–Crippen LogP) is 1.64. The summed E-state index contributed by atoms with van der Waals surface area (Å²) >= 11 is 0. The van der Waals surface area contributed by atoms with E-state index < -0.39 is 21.2 Å². The van der Waals surface area contributed by atoms with E-state index in [1.54, 1.807) is 18.2 Å². The smallest absolute Gasteiger partial charge is 0.264 e. The quantitative estimate of drug-likeness (QED) is 0.904. The van der Waals surface area contributed by atoms with Gasteiger partial charge in [0.1, 0.15) is 5.25 Å². The van der Waals surface area contributed by atoms with E-state index >= 15 is 0 Å². The van der Waals surface area contributed by atoms with Gasteiger partial charge in [0.25, 0.3) is 5.91 Å². The summed E-state index contributed by atoms with van der Waals surface area (Å²) in [6.45, 7) is 3.37. The van der Waals surface area contributed by atoms with Crippen LogP contribution in [0.4, 0.5) is 0 Å². The van der Waals surface area contributed by atoms with Crippen LogP contribution in [0.2, 0.25) is 0 Å². The van der Waals surface area contributed by atoms with Crippen LogP contribution in [0.15, 0.2) is 30.3 Å².